The van der Waals surface area contributed by atoms with Crippen molar-refractivity contribution in [3.8, 4) is 5.75 Å². The first-order chi connectivity index (χ1) is 11.1. The minimum Gasteiger partial charge on any atom is -0.488 e. The average molecular weight is 400 g/mol. The van der Waals surface area contributed by atoms with Gasteiger partial charge < -0.3 is 14.6 Å². The number of benzene rings is 1. The van der Waals surface area contributed by atoms with E-state index in [0.717, 1.165) is 10.0 Å². The molecule has 0 aromatic heterocycles. The predicted octanol–water partition coefficient (Wildman–Crippen LogP) is 3.60. The molecule has 1 aliphatic rings. The summed E-state index contributed by atoms with van der Waals surface area (Å²) >= 11 is 3.42. The maximum atomic E-state index is 12.3. The molecule has 1 aliphatic heterocycles. The van der Waals surface area contributed by atoms with E-state index in [-0.39, 0.29) is 19.1 Å². The number of amides is 1. The van der Waals surface area contributed by atoms with Crippen LogP contribution in [0, 0.1) is 6.92 Å². The van der Waals surface area contributed by atoms with Crippen molar-refractivity contribution >= 4 is 28.0 Å². The summed E-state index contributed by atoms with van der Waals surface area (Å²) in [7, 11) is 0. The number of halogens is 1. The standard InChI is InChI=1S/C17H22BrNO5/c1-10-7-11(5-6-13(10)18)23-12-8-14(15(20)21)19(9-12)16(22)24-17(2,3)4/h5-7,12,14H,8-9H2,1-4H3,(H,20,21)/t12-,14-/m1/s1. The summed E-state index contributed by atoms with van der Waals surface area (Å²) in [4.78, 5) is 24.9. The van der Waals surface area contributed by atoms with Gasteiger partial charge in [-0.2, -0.15) is 0 Å². The molecule has 0 saturated carbocycles. The van der Waals surface area contributed by atoms with Gasteiger partial charge in [-0.25, -0.2) is 9.59 Å². The predicted molar refractivity (Wildman–Crippen MR) is 92.3 cm³/mol. The first kappa shape index (κ1) is 18.6. The molecule has 7 heteroatoms. The highest BCUT2D eigenvalue weighted by Crippen LogP contribution is 2.27. The van der Waals surface area contributed by atoms with Crippen LogP contribution in [0.2, 0.25) is 0 Å². The summed E-state index contributed by atoms with van der Waals surface area (Å²) < 4.78 is 12.1. The molecule has 0 spiro atoms. The van der Waals surface area contributed by atoms with Crippen LogP contribution in [0.4, 0.5) is 4.79 Å². The van der Waals surface area contributed by atoms with E-state index in [9.17, 15) is 14.7 Å². The Hall–Kier alpha value is -1.76. The van der Waals surface area contributed by atoms with Crippen LogP contribution < -0.4 is 4.74 Å². The highest BCUT2D eigenvalue weighted by molar-refractivity contribution is 9.10. The Kier molecular flexibility index (Phi) is 5.42. The Morgan fingerprint density at radius 3 is 2.54 bits per heavy atom. The molecule has 2 atom stereocenters. The maximum Gasteiger partial charge on any atom is 0.411 e. The Morgan fingerprint density at radius 2 is 2.00 bits per heavy atom. The van der Waals surface area contributed by atoms with Gasteiger partial charge in [0.15, 0.2) is 0 Å². The largest absolute Gasteiger partial charge is 0.488 e. The lowest BCUT2D eigenvalue weighted by Crippen LogP contribution is -2.43. The molecule has 1 aromatic carbocycles. The molecule has 1 amide bonds. The third-order valence-electron chi connectivity index (χ3n) is 3.61. The number of carbonyl (C=O) groups excluding carboxylic acids is 1. The number of carboxylic acids is 1. The van der Waals surface area contributed by atoms with Crippen LogP contribution in [0.15, 0.2) is 22.7 Å². The highest BCUT2D eigenvalue weighted by atomic mass is 79.9. The molecule has 0 bridgehead atoms. The molecule has 24 heavy (non-hydrogen) atoms. The molecule has 132 valence electrons. The van der Waals surface area contributed by atoms with E-state index in [1.54, 1.807) is 20.8 Å². The van der Waals surface area contributed by atoms with Gasteiger partial charge in [0.2, 0.25) is 0 Å². The Morgan fingerprint density at radius 1 is 1.33 bits per heavy atom. The summed E-state index contributed by atoms with van der Waals surface area (Å²) in [5.41, 5.74) is 0.339. The summed E-state index contributed by atoms with van der Waals surface area (Å²) in [6.45, 7) is 7.36. The van der Waals surface area contributed by atoms with E-state index in [1.807, 2.05) is 25.1 Å². The van der Waals surface area contributed by atoms with Crippen molar-refractivity contribution in [1.29, 1.82) is 0 Å². The average Bonchev–Trinajstić information content (AvgIpc) is 2.85. The zero-order valence-electron chi connectivity index (χ0n) is 14.2. The van der Waals surface area contributed by atoms with Crippen molar-refractivity contribution < 1.29 is 24.2 Å². The van der Waals surface area contributed by atoms with Gasteiger partial charge in [-0.1, -0.05) is 15.9 Å². The number of hydrogen-bond acceptors (Lipinski definition) is 4. The fourth-order valence-electron chi connectivity index (χ4n) is 2.52. The number of aliphatic carboxylic acids is 1. The van der Waals surface area contributed by atoms with Crippen molar-refractivity contribution in [2.45, 2.75) is 51.9 Å². The molecular weight excluding hydrogens is 378 g/mol. The quantitative estimate of drug-likeness (QED) is 0.839. The molecule has 1 heterocycles. The van der Waals surface area contributed by atoms with Gasteiger partial charge in [-0.15, -0.1) is 0 Å². The Balaban J connectivity index is 2.10. The summed E-state index contributed by atoms with van der Waals surface area (Å²) in [5.74, 6) is -0.408. The van der Waals surface area contributed by atoms with Gasteiger partial charge in [0.25, 0.3) is 0 Å². The van der Waals surface area contributed by atoms with Crippen molar-refractivity contribution in [2.24, 2.45) is 0 Å². The number of aryl methyl sites for hydroxylation is 1. The lowest BCUT2D eigenvalue weighted by atomic mass is 10.2. The Bertz CT molecular complexity index is 640. The zero-order valence-corrected chi connectivity index (χ0v) is 15.8. The third kappa shape index (κ3) is 4.63. The van der Waals surface area contributed by atoms with Crippen molar-refractivity contribution in [3.63, 3.8) is 0 Å². The Labute approximate surface area is 149 Å². The molecule has 0 unspecified atom stereocenters. The van der Waals surface area contributed by atoms with Gasteiger partial charge in [-0.05, 0) is 51.5 Å². The van der Waals surface area contributed by atoms with Crippen molar-refractivity contribution in [1.82, 2.24) is 4.90 Å². The molecule has 1 fully saturated rings. The molecule has 0 radical (unpaired) electrons. The molecule has 1 N–H and O–H groups in total. The van der Waals surface area contributed by atoms with Gasteiger partial charge in [0.05, 0.1) is 6.54 Å². The summed E-state index contributed by atoms with van der Waals surface area (Å²) in [6, 6.07) is 4.61. The van der Waals surface area contributed by atoms with Gasteiger partial charge >= 0.3 is 12.1 Å². The van der Waals surface area contributed by atoms with E-state index >= 15 is 0 Å². The van der Waals surface area contributed by atoms with E-state index < -0.39 is 23.7 Å². The summed E-state index contributed by atoms with van der Waals surface area (Å²) in [6.07, 6.45) is -0.795. The molecule has 6 nitrogen and oxygen atoms in total. The van der Waals surface area contributed by atoms with Crippen LogP contribution in [0.5, 0.6) is 5.75 Å². The van der Waals surface area contributed by atoms with Gasteiger partial charge in [0, 0.05) is 10.9 Å². The van der Waals surface area contributed by atoms with Crippen LogP contribution in [0.3, 0.4) is 0 Å². The fraction of sp³-hybridized carbons (Fsp3) is 0.529. The minimum absolute atomic E-state index is 0.182. The second-order valence-electron chi connectivity index (χ2n) is 6.87. The van der Waals surface area contributed by atoms with E-state index in [0.29, 0.717) is 5.75 Å². The zero-order chi connectivity index (χ0) is 18.1. The SMILES string of the molecule is Cc1cc(O[C@@H]2C[C@H](C(=O)O)N(C(=O)OC(C)(C)C)C2)ccc1Br. The smallest absolute Gasteiger partial charge is 0.411 e. The lowest BCUT2D eigenvalue weighted by Gasteiger charge is -2.26. The molecule has 2 rings (SSSR count). The van der Waals surface area contributed by atoms with E-state index in [1.165, 1.54) is 4.90 Å². The maximum absolute atomic E-state index is 12.3. The molecular formula is C17H22BrNO5. The molecule has 1 aromatic rings. The monoisotopic (exact) mass is 399 g/mol. The highest BCUT2D eigenvalue weighted by Gasteiger charge is 2.42. The van der Waals surface area contributed by atoms with Crippen LogP contribution >= 0.6 is 15.9 Å². The third-order valence-corrected chi connectivity index (χ3v) is 4.50. The lowest BCUT2D eigenvalue weighted by molar-refractivity contribution is -0.142. The number of nitrogens with zero attached hydrogens (tertiary/aromatic N) is 1. The number of likely N-dealkylation sites (tertiary alicyclic amines) is 1. The van der Waals surface area contributed by atoms with Crippen molar-refractivity contribution in [2.75, 3.05) is 6.54 Å². The number of carboxylic acid groups (broad SMARTS) is 1. The topological polar surface area (TPSA) is 76.1 Å². The van der Waals surface area contributed by atoms with Crippen molar-refractivity contribution in [3.05, 3.63) is 28.2 Å². The van der Waals surface area contributed by atoms with Gasteiger partial charge in [-0.3, -0.25) is 4.90 Å². The number of carbonyl (C=O) groups is 2. The van der Waals surface area contributed by atoms with Crippen LogP contribution in [0.1, 0.15) is 32.8 Å². The number of hydrogen-bond donors (Lipinski definition) is 1. The first-order valence-corrected chi connectivity index (χ1v) is 8.51. The number of ether oxygens (including phenoxy) is 2. The van der Waals surface area contributed by atoms with Gasteiger partial charge in [0.1, 0.15) is 23.5 Å². The number of rotatable bonds is 3. The first-order valence-electron chi connectivity index (χ1n) is 7.72. The van der Waals surface area contributed by atoms with Crippen LogP contribution in [-0.2, 0) is 9.53 Å². The van der Waals surface area contributed by atoms with Crippen LogP contribution in [0.25, 0.3) is 0 Å². The molecule has 1 saturated heterocycles. The second-order valence-corrected chi connectivity index (χ2v) is 7.73. The summed E-state index contributed by atoms with van der Waals surface area (Å²) in [5, 5.41) is 9.38. The van der Waals surface area contributed by atoms with E-state index in [2.05, 4.69) is 15.9 Å². The normalized spacial score (nSPS) is 20.8. The molecule has 0 aliphatic carbocycles. The second kappa shape index (κ2) is 7.01. The minimum atomic E-state index is -1.06. The fourth-order valence-corrected chi connectivity index (χ4v) is 2.77. The van der Waals surface area contributed by atoms with E-state index in [4.69, 9.17) is 9.47 Å². The van der Waals surface area contributed by atoms with Crippen LogP contribution in [-0.4, -0.2) is 46.4 Å².